The first kappa shape index (κ1) is 17.8. The molecule has 0 unspecified atom stereocenters. The summed E-state index contributed by atoms with van der Waals surface area (Å²) in [5, 5.41) is 5.56. The third-order valence-electron chi connectivity index (χ3n) is 4.08. The van der Waals surface area contributed by atoms with Crippen LogP contribution in [0.25, 0.3) is 11.4 Å². The summed E-state index contributed by atoms with van der Waals surface area (Å²) in [6, 6.07) is 17.7. The zero-order chi connectivity index (χ0) is 18.6. The predicted octanol–water partition coefficient (Wildman–Crippen LogP) is 5.30. The summed E-state index contributed by atoms with van der Waals surface area (Å²) in [6.45, 7) is 2.04. The van der Waals surface area contributed by atoms with Crippen molar-refractivity contribution in [3.05, 3.63) is 82.5 Å². The Morgan fingerprint density at radius 2 is 1.81 bits per heavy atom. The fourth-order valence-electron chi connectivity index (χ4n) is 2.66. The van der Waals surface area contributed by atoms with Gasteiger partial charge in [0.05, 0.1) is 11.4 Å². The Kier molecular flexibility index (Phi) is 5.27. The number of nitrogens with one attached hydrogen (secondary N) is 1. The lowest BCUT2D eigenvalue weighted by molar-refractivity contribution is 0.391. The molecule has 0 bridgehead atoms. The van der Waals surface area contributed by atoms with Crippen LogP contribution in [0.15, 0.2) is 64.3 Å². The first-order valence-corrected chi connectivity index (χ1v) is 9.84. The summed E-state index contributed by atoms with van der Waals surface area (Å²) >= 11 is 7.46. The van der Waals surface area contributed by atoms with E-state index in [9.17, 15) is 0 Å². The van der Waals surface area contributed by atoms with Crippen LogP contribution in [0.2, 0.25) is 5.02 Å². The zero-order valence-electron chi connectivity index (χ0n) is 14.6. The van der Waals surface area contributed by atoms with Crippen LogP contribution >= 0.6 is 23.4 Å². The summed E-state index contributed by atoms with van der Waals surface area (Å²) in [5.74, 6) is 1.67. The van der Waals surface area contributed by atoms with E-state index in [1.165, 1.54) is 5.56 Å². The van der Waals surface area contributed by atoms with Crippen molar-refractivity contribution in [3.8, 4) is 11.4 Å². The molecule has 136 valence electrons. The molecular weight excluding hydrogens is 380 g/mol. The summed E-state index contributed by atoms with van der Waals surface area (Å²) in [7, 11) is 0. The van der Waals surface area contributed by atoms with E-state index in [0.29, 0.717) is 22.5 Å². The van der Waals surface area contributed by atoms with Crippen LogP contribution in [-0.2, 0) is 12.2 Å². The van der Waals surface area contributed by atoms with Gasteiger partial charge >= 0.3 is 0 Å². The molecule has 0 fully saturated rings. The molecule has 0 saturated heterocycles. The normalized spacial score (nSPS) is 11.0. The number of aromatic amines is 1. The highest BCUT2D eigenvalue weighted by molar-refractivity contribution is 7.98. The molecule has 27 heavy (non-hydrogen) atoms. The van der Waals surface area contributed by atoms with Gasteiger partial charge in [-0.3, -0.25) is 0 Å². The second kappa shape index (κ2) is 7.98. The molecule has 0 aliphatic rings. The molecule has 0 spiro atoms. The van der Waals surface area contributed by atoms with Crippen LogP contribution in [0.3, 0.4) is 0 Å². The van der Waals surface area contributed by atoms with Gasteiger partial charge < -0.3 is 9.51 Å². The lowest BCUT2D eigenvalue weighted by Crippen LogP contribution is -1.90. The van der Waals surface area contributed by atoms with Gasteiger partial charge in [0.1, 0.15) is 0 Å². The number of halogens is 1. The fourth-order valence-corrected chi connectivity index (χ4v) is 3.56. The minimum Gasteiger partial charge on any atom is -0.338 e. The molecule has 2 heterocycles. The SMILES string of the molecule is Cc1[nH]c(SCc2nc(-c3ccc(Cl)cc3)no2)nc1Cc1ccccc1. The molecule has 0 atom stereocenters. The van der Waals surface area contributed by atoms with Crippen molar-refractivity contribution in [2.75, 3.05) is 0 Å². The molecule has 0 radical (unpaired) electrons. The van der Waals surface area contributed by atoms with Gasteiger partial charge in [-0.2, -0.15) is 4.98 Å². The zero-order valence-corrected chi connectivity index (χ0v) is 16.2. The quantitative estimate of drug-likeness (QED) is 0.447. The standard InChI is InChI=1S/C20H17ClN4OS/c1-13-17(11-14-5-3-2-4-6-14)23-20(22-13)27-12-18-24-19(25-26-18)15-7-9-16(21)10-8-15/h2-10H,11-12H2,1H3,(H,22,23). The molecule has 0 amide bonds. The second-order valence-electron chi connectivity index (χ2n) is 6.08. The van der Waals surface area contributed by atoms with E-state index in [1.54, 1.807) is 11.8 Å². The van der Waals surface area contributed by atoms with Crippen molar-refractivity contribution in [1.29, 1.82) is 0 Å². The Hall–Kier alpha value is -2.57. The number of imidazole rings is 1. The molecule has 0 saturated carbocycles. The summed E-state index contributed by atoms with van der Waals surface area (Å²) in [4.78, 5) is 12.5. The minimum absolute atomic E-state index is 0.554. The van der Waals surface area contributed by atoms with Crippen LogP contribution in [0, 0.1) is 6.92 Å². The van der Waals surface area contributed by atoms with Gasteiger partial charge in [-0.25, -0.2) is 4.98 Å². The number of nitrogens with zero attached hydrogens (tertiary/aromatic N) is 3. The van der Waals surface area contributed by atoms with Crippen LogP contribution in [0.1, 0.15) is 22.8 Å². The molecule has 2 aromatic carbocycles. The third-order valence-corrected chi connectivity index (χ3v) is 5.19. The Labute approximate surface area is 166 Å². The monoisotopic (exact) mass is 396 g/mol. The van der Waals surface area contributed by atoms with Crippen LogP contribution < -0.4 is 0 Å². The Balaban J connectivity index is 1.41. The number of benzene rings is 2. The number of rotatable bonds is 6. The van der Waals surface area contributed by atoms with E-state index < -0.39 is 0 Å². The molecular formula is C20H17ClN4OS. The molecule has 0 aliphatic heterocycles. The second-order valence-corrected chi connectivity index (χ2v) is 7.48. The molecule has 1 N–H and O–H groups in total. The third kappa shape index (κ3) is 4.40. The molecule has 7 heteroatoms. The van der Waals surface area contributed by atoms with Gasteiger partial charge in [-0.05, 0) is 36.8 Å². The van der Waals surface area contributed by atoms with Crippen LogP contribution in [-0.4, -0.2) is 20.1 Å². The predicted molar refractivity (Wildman–Crippen MR) is 107 cm³/mol. The van der Waals surface area contributed by atoms with E-state index in [4.69, 9.17) is 21.1 Å². The number of hydrogen-bond acceptors (Lipinski definition) is 5. The highest BCUT2D eigenvalue weighted by atomic mass is 35.5. The minimum atomic E-state index is 0.554. The summed E-state index contributed by atoms with van der Waals surface area (Å²) < 4.78 is 5.35. The number of aromatic nitrogens is 4. The van der Waals surface area contributed by atoms with Gasteiger partial charge in [0.25, 0.3) is 0 Å². The Bertz CT molecular complexity index is 1030. The van der Waals surface area contributed by atoms with Gasteiger partial charge in [0, 0.05) is 22.7 Å². The van der Waals surface area contributed by atoms with Crippen molar-refractivity contribution in [1.82, 2.24) is 20.1 Å². The van der Waals surface area contributed by atoms with E-state index in [1.807, 2.05) is 49.4 Å². The molecule has 0 aliphatic carbocycles. The topological polar surface area (TPSA) is 67.6 Å². The van der Waals surface area contributed by atoms with E-state index in [-0.39, 0.29) is 0 Å². The Morgan fingerprint density at radius 1 is 1.04 bits per heavy atom. The fraction of sp³-hybridized carbons (Fsp3) is 0.150. The van der Waals surface area contributed by atoms with E-state index in [2.05, 4.69) is 27.3 Å². The summed E-state index contributed by atoms with van der Waals surface area (Å²) in [5.41, 5.74) is 4.25. The van der Waals surface area contributed by atoms with Crippen LogP contribution in [0.4, 0.5) is 0 Å². The average molecular weight is 397 g/mol. The average Bonchev–Trinajstić information content (AvgIpc) is 3.29. The van der Waals surface area contributed by atoms with Crippen molar-refractivity contribution < 1.29 is 4.52 Å². The van der Waals surface area contributed by atoms with Crippen molar-refractivity contribution >= 4 is 23.4 Å². The molecule has 5 nitrogen and oxygen atoms in total. The van der Waals surface area contributed by atoms with E-state index in [0.717, 1.165) is 28.5 Å². The smallest absolute Gasteiger partial charge is 0.237 e. The lowest BCUT2D eigenvalue weighted by atomic mass is 10.1. The van der Waals surface area contributed by atoms with Crippen molar-refractivity contribution in [2.24, 2.45) is 0 Å². The van der Waals surface area contributed by atoms with Gasteiger partial charge in [-0.15, -0.1) is 0 Å². The number of aryl methyl sites for hydroxylation is 1. The van der Waals surface area contributed by atoms with Gasteiger partial charge in [0.2, 0.25) is 11.7 Å². The van der Waals surface area contributed by atoms with E-state index >= 15 is 0 Å². The van der Waals surface area contributed by atoms with Crippen molar-refractivity contribution in [2.45, 2.75) is 24.3 Å². The highest BCUT2D eigenvalue weighted by Gasteiger charge is 2.12. The first-order valence-electron chi connectivity index (χ1n) is 8.48. The molecule has 2 aromatic heterocycles. The maximum absolute atomic E-state index is 5.91. The number of thioether (sulfide) groups is 1. The Morgan fingerprint density at radius 3 is 2.59 bits per heavy atom. The van der Waals surface area contributed by atoms with Gasteiger partial charge in [0.15, 0.2) is 5.16 Å². The number of hydrogen-bond donors (Lipinski definition) is 1. The maximum atomic E-state index is 5.91. The van der Waals surface area contributed by atoms with Crippen LogP contribution in [0.5, 0.6) is 0 Å². The maximum Gasteiger partial charge on any atom is 0.237 e. The first-order chi connectivity index (χ1) is 13.2. The van der Waals surface area contributed by atoms with Gasteiger partial charge in [-0.1, -0.05) is 58.9 Å². The lowest BCUT2D eigenvalue weighted by Gasteiger charge is -1.98. The largest absolute Gasteiger partial charge is 0.338 e. The number of H-pyrrole nitrogens is 1. The molecule has 4 rings (SSSR count). The highest BCUT2D eigenvalue weighted by Crippen LogP contribution is 2.24. The van der Waals surface area contributed by atoms with Crippen molar-refractivity contribution in [3.63, 3.8) is 0 Å². The molecule has 4 aromatic rings. The summed E-state index contributed by atoms with van der Waals surface area (Å²) in [6.07, 6.45) is 0.811.